The second-order valence-corrected chi connectivity index (χ2v) is 6.74. The number of aryl methyl sites for hydroxylation is 1. The monoisotopic (exact) mass is 343 g/mol. The van der Waals surface area contributed by atoms with Gasteiger partial charge in [-0.2, -0.15) is 5.10 Å². The van der Waals surface area contributed by atoms with Gasteiger partial charge in [0.15, 0.2) is 0 Å². The number of hydrogen-bond donors (Lipinski definition) is 1. The van der Waals surface area contributed by atoms with Crippen LogP contribution in [-0.4, -0.2) is 62.4 Å². The number of carbonyl (C=O) groups is 1. The van der Waals surface area contributed by atoms with E-state index in [1.54, 1.807) is 24.5 Å². The number of hydrogen-bond acceptors (Lipinski definition) is 6. The minimum atomic E-state index is -0.349. The van der Waals surface area contributed by atoms with Crippen LogP contribution in [0.4, 0.5) is 0 Å². The van der Waals surface area contributed by atoms with E-state index >= 15 is 0 Å². The summed E-state index contributed by atoms with van der Waals surface area (Å²) < 4.78 is 11.9. The smallest absolute Gasteiger partial charge is 0.316 e. The van der Waals surface area contributed by atoms with E-state index < -0.39 is 0 Å². The van der Waals surface area contributed by atoms with E-state index in [2.05, 4.69) is 20.2 Å². The van der Waals surface area contributed by atoms with Crippen molar-refractivity contribution in [3.8, 4) is 6.01 Å². The van der Waals surface area contributed by atoms with Crippen molar-refractivity contribution >= 4 is 5.91 Å². The zero-order valence-electron chi connectivity index (χ0n) is 14.1. The first-order chi connectivity index (χ1) is 12.1. The fourth-order valence-electron chi connectivity index (χ4n) is 3.62. The largest absolute Gasteiger partial charge is 0.458 e. The Morgan fingerprint density at radius 3 is 3.04 bits per heavy atom. The van der Waals surface area contributed by atoms with Gasteiger partial charge in [0, 0.05) is 31.1 Å². The molecule has 0 aromatic carbocycles. The number of aromatic nitrogens is 4. The number of rotatable bonds is 3. The van der Waals surface area contributed by atoms with Crippen LogP contribution >= 0.6 is 0 Å². The summed E-state index contributed by atoms with van der Waals surface area (Å²) >= 11 is 0. The molecule has 2 aliphatic rings. The predicted molar refractivity (Wildman–Crippen MR) is 88.2 cm³/mol. The van der Waals surface area contributed by atoms with Gasteiger partial charge in [-0.1, -0.05) is 0 Å². The fraction of sp³-hybridized carbons (Fsp3) is 0.529. The molecule has 0 saturated carbocycles. The van der Waals surface area contributed by atoms with E-state index in [1.165, 1.54) is 0 Å². The maximum absolute atomic E-state index is 12.7. The van der Waals surface area contributed by atoms with Crippen LogP contribution in [0.2, 0.25) is 0 Å². The van der Waals surface area contributed by atoms with E-state index in [-0.39, 0.29) is 17.6 Å². The summed E-state index contributed by atoms with van der Waals surface area (Å²) in [7, 11) is 0. The summed E-state index contributed by atoms with van der Waals surface area (Å²) in [6.45, 7) is 3.66. The molecule has 132 valence electrons. The Balaban J connectivity index is 1.41. The number of carbonyl (C=O) groups excluding carboxylic acids is 1. The number of likely N-dealkylation sites (tertiary alicyclic amines) is 1. The van der Waals surface area contributed by atoms with Gasteiger partial charge < -0.3 is 14.4 Å². The van der Waals surface area contributed by atoms with Gasteiger partial charge in [0.1, 0.15) is 11.8 Å². The minimum absolute atomic E-state index is 0.0530. The first kappa shape index (κ1) is 16.0. The van der Waals surface area contributed by atoms with Gasteiger partial charge in [-0.05, 0) is 31.9 Å². The average Bonchev–Trinajstić information content (AvgIpc) is 3.22. The molecule has 1 spiro atoms. The summed E-state index contributed by atoms with van der Waals surface area (Å²) in [4.78, 5) is 22.7. The highest BCUT2D eigenvalue weighted by Crippen LogP contribution is 2.36. The normalized spacial score (nSPS) is 26.1. The van der Waals surface area contributed by atoms with Crippen molar-refractivity contribution in [2.45, 2.75) is 37.9 Å². The molecule has 8 heteroatoms. The maximum Gasteiger partial charge on any atom is 0.316 e. The summed E-state index contributed by atoms with van der Waals surface area (Å²) in [5, 5.41) is 6.90. The lowest BCUT2D eigenvalue weighted by Crippen LogP contribution is -2.50. The Morgan fingerprint density at radius 2 is 2.28 bits per heavy atom. The van der Waals surface area contributed by atoms with Crippen LogP contribution < -0.4 is 4.74 Å². The molecule has 25 heavy (non-hydrogen) atoms. The summed E-state index contributed by atoms with van der Waals surface area (Å²) in [6, 6.07) is 3.89. The molecule has 4 heterocycles. The molecule has 2 aromatic heterocycles. The van der Waals surface area contributed by atoms with Gasteiger partial charge >= 0.3 is 6.01 Å². The van der Waals surface area contributed by atoms with E-state index in [0.29, 0.717) is 24.9 Å². The number of aromatic amines is 1. The van der Waals surface area contributed by atoms with Gasteiger partial charge in [0.05, 0.1) is 18.8 Å². The third kappa shape index (κ3) is 3.34. The van der Waals surface area contributed by atoms with E-state index in [0.717, 1.165) is 31.5 Å². The van der Waals surface area contributed by atoms with E-state index in [4.69, 9.17) is 9.47 Å². The molecule has 2 unspecified atom stereocenters. The highest BCUT2D eigenvalue weighted by atomic mass is 16.6. The lowest BCUT2D eigenvalue weighted by atomic mass is 9.89. The summed E-state index contributed by atoms with van der Waals surface area (Å²) in [5.41, 5.74) is 0.986. The van der Waals surface area contributed by atoms with Crippen LogP contribution in [0.1, 0.15) is 35.4 Å². The molecule has 2 saturated heterocycles. The number of nitrogens with one attached hydrogen (secondary N) is 1. The summed E-state index contributed by atoms with van der Waals surface area (Å²) in [6.07, 6.45) is 5.77. The van der Waals surface area contributed by atoms with Crippen molar-refractivity contribution in [3.05, 3.63) is 35.9 Å². The standard InChI is InChI=1S/C17H21N5O3/c1-12-8-14(21-20-12)15(23)22-7-2-4-17(11-22)9-13(10-24-17)25-16-18-5-3-6-19-16/h3,5-6,8,13H,2,4,7,9-11H2,1H3,(H,20,21). The van der Waals surface area contributed by atoms with Crippen LogP contribution in [0.15, 0.2) is 24.5 Å². The first-order valence-electron chi connectivity index (χ1n) is 8.52. The maximum atomic E-state index is 12.7. The van der Waals surface area contributed by atoms with Gasteiger partial charge in [-0.15, -0.1) is 0 Å². The van der Waals surface area contributed by atoms with Crippen molar-refractivity contribution in [1.82, 2.24) is 25.1 Å². The third-order valence-corrected chi connectivity index (χ3v) is 4.74. The Kier molecular flexibility index (Phi) is 4.12. The van der Waals surface area contributed by atoms with Crippen molar-refractivity contribution < 1.29 is 14.3 Å². The van der Waals surface area contributed by atoms with Crippen LogP contribution in [0.25, 0.3) is 0 Å². The molecule has 0 bridgehead atoms. The number of H-pyrrole nitrogens is 1. The first-order valence-corrected chi connectivity index (χ1v) is 8.52. The average molecular weight is 343 g/mol. The van der Waals surface area contributed by atoms with Crippen LogP contribution in [0.3, 0.4) is 0 Å². The molecule has 2 aliphatic heterocycles. The molecule has 2 aromatic rings. The Labute approximate surface area is 145 Å². The van der Waals surface area contributed by atoms with Crippen molar-refractivity contribution in [3.63, 3.8) is 0 Å². The Bertz CT molecular complexity index is 750. The Hall–Kier alpha value is -2.48. The van der Waals surface area contributed by atoms with Crippen molar-refractivity contribution in [2.24, 2.45) is 0 Å². The zero-order valence-corrected chi connectivity index (χ0v) is 14.1. The quantitative estimate of drug-likeness (QED) is 0.904. The zero-order chi connectivity index (χ0) is 17.3. The number of piperidine rings is 1. The van der Waals surface area contributed by atoms with Crippen LogP contribution in [0.5, 0.6) is 6.01 Å². The van der Waals surface area contributed by atoms with Crippen molar-refractivity contribution in [1.29, 1.82) is 0 Å². The number of amides is 1. The second-order valence-electron chi connectivity index (χ2n) is 6.74. The molecule has 0 aliphatic carbocycles. The Morgan fingerprint density at radius 1 is 1.44 bits per heavy atom. The fourth-order valence-corrected chi connectivity index (χ4v) is 3.62. The molecular formula is C17H21N5O3. The van der Waals surface area contributed by atoms with Crippen molar-refractivity contribution in [2.75, 3.05) is 19.7 Å². The lowest BCUT2D eigenvalue weighted by Gasteiger charge is -2.39. The second kappa shape index (κ2) is 6.44. The highest BCUT2D eigenvalue weighted by Gasteiger charge is 2.45. The van der Waals surface area contributed by atoms with Gasteiger partial charge in [0.25, 0.3) is 5.91 Å². The topological polar surface area (TPSA) is 93.2 Å². The summed E-state index contributed by atoms with van der Waals surface area (Å²) in [5.74, 6) is -0.0530. The molecule has 4 rings (SSSR count). The molecule has 1 N–H and O–H groups in total. The number of ether oxygens (including phenoxy) is 2. The molecule has 0 radical (unpaired) electrons. The van der Waals surface area contributed by atoms with E-state index in [9.17, 15) is 4.79 Å². The molecule has 1 amide bonds. The highest BCUT2D eigenvalue weighted by molar-refractivity contribution is 5.92. The van der Waals surface area contributed by atoms with Gasteiger partial charge in [-0.3, -0.25) is 9.89 Å². The lowest BCUT2D eigenvalue weighted by molar-refractivity contribution is -0.0455. The number of nitrogens with zero attached hydrogens (tertiary/aromatic N) is 4. The SMILES string of the molecule is Cc1cc(C(=O)N2CCCC3(CC(Oc4ncccn4)CO3)C2)n[nH]1. The van der Waals surface area contributed by atoms with Crippen LogP contribution in [0, 0.1) is 6.92 Å². The van der Waals surface area contributed by atoms with Gasteiger partial charge in [-0.25, -0.2) is 9.97 Å². The predicted octanol–water partition coefficient (Wildman–Crippen LogP) is 1.35. The minimum Gasteiger partial charge on any atom is -0.458 e. The third-order valence-electron chi connectivity index (χ3n) is 4.74. The van der Waals surface area contributed by atoms with Crippen LogP contribution in [-0.2, 0) is 4.74 Å². The van der Waals surface area contributed by atoms with E-state index in [1.807, 2.05) is 11.8 Å². The molecular weight excluding hydrogens is 322 g/mol. The molecule has 2 atom stereocenters. The molecule has 2 fully saturated rings. The van der Waals surface area contributed by atoms with Gasteiger partial charge in [0.2, 0.25) is 0 Å². The molecule has 8 nitrogen and oxygen atoms in total.